The Morgan fingerprint density at radius 2 is 1.53 bits per heavy atom. The van der Waals surface area contributed by atoms with Crippen molar-refractivity contribution in [3.05, 3.63) is 93.7 Å². The van der Waals surface area contributed by atoms with E-state index in [0.29, 0.717) is 18.4 Å². The van der Waals surface area contributed by atoms with E-state index < -0.39 is 82.2 Å². The first-order valence-electron chi connectivity index (χ1n) is 15.7. The summed E-state index contributed by atoms with van der Waals surface area (Å²) in [5, 5.41) is -0.155. The molecule has 0 radical (unpaired) electrons. The van der Waals surface area contributed by atoms with E-state index in [9.17, 15) is 44.3 Å². The van der Waals surface area contributed by atoms with Crippen LogP contribution in [0.1, 0.15) is 56.6 Å². The van der Waals surface area contributed by atoms with Crippen LogP contribution in [-0.4, -0.2) is 50.8 Å². The Morgan fingerprint density at radius 1 is 0.902 bits per heavy atom. The Kier molecular flexibility index (Phi) is 8.97. The fourth-order valence-corrected chi connectivity index (χ4v) is 7.91. The lowest BCUT2D eigenvalue weighted by molar-refractivity contribution is -0.154. The second kappa shape index (κ2) is 12.7. The van der Waals surface area contributed by atoms with Gasteiger partial charge in [0, 0.05) is 22.8 Å². The number of rotatable bonds is 10. The van der Waals surface area contributed by atoms with Crippen molar-refractivity contribution in [2.45, 2.75) is 63.7 Å². The molecule has 1 aromatic heterocycles. The highest BCUT2D eigenvalue weighted by Crippen LogP contribution is 2.51. The van der Waals surface area contributed by atoms with Gasteiger partial charge < -0.3 is 14.4 Å². The molecule has 4 aromatic rings. The van der Waals surface area contributed by atoms with Crippen LogP contribution < -0.4 is 19.1 Å². The number of anilines is 1. The van der Waals surface area contributed by atoms with Crippen molar-refractivity contribution in [3.8, 4) is 11.5 Å². The highest BCUT2D eigenvalue weighted by Gasteiger charge is 2.53. The number of benzene rings is 3. The lowest BCUT2D eigenvalue weighted by atomic mass is 9.87. The standard InChI is InChI=1S/C35H31F6N3O6S/c1-19-6-4-7-20(2)27(19)33(11-12-33)32(46)43-51(47,48)16-22-9-10-25(21(3)14-22)44-15-24-26(31(44)45)29(49-17-34(36,37)38)23-8-5-13-42-28(23)30(24)50-18-35(39,40)41/h4-10,13-14H,11-12,15-18H2,1-3H3,(H,43,46). The van der Waals surface area contributed by atoms with Gasteiger partial charge in [-0.3, -0.25) is 19.3 Å². The van der Waals surface area contributed by atoms with Gasteiger partial charge in [0.2, 0.25) is 15.9 Å². The second-order valence-electron chi connectivity index (χ2n) is 12.8. The van der Waals surface area contributed by atoms with Crippen LogP contribution in [0, 0.1) is 20.8 Å². The number of pyridine rings is 1. The molecule has 6 rings (SSSR count). The number of ether oxygens (including phenoxy) is 2. The second-order valence-corrected chi connectivity index (χ2v) is 14.5. The molecule has 270 valence electrons. The summed E-state index contributed by atoms with van der Waals surface area (Å²) in [5.74, 6) is -3.02. The largest absolute Gasteiger partial charge is 0.483 e. The van der Waals surface area contributed by atoms with Crippen LogP contribution in [0.4, 0.5) is 32.0 Å². The van der Waals surface area contributed by atoms with Gasteiger partial charge in [-0.15, -0.1) is 0 Å². The quantitative estimate of drug-likeness (QED) is 0.177. The van der Waals surface area contributed by atoms with Crippen molar-refractivity contribution in [2.24, 2.45) is 0 Å². The number of nitrogens with zero attached hydrogens (tertiary/aromatic N) is 2. The van der Waals surface area contributed by atoms with E-state index >= 15 is 0 Å². The molecule has 2 amide bonds. The number of carbonyl (C=O) groups is 2. The SMILES string of the molecule is Cc1cc(CS(=O)(=O)NC(=O)C2(c3c(C)cccc3C)CC2)ccc1N1Cc2c(c(OCC(F)(F)F)c3cccnc3c2OCC(F)(F)F)C1=O. The first-order chi connectivity index (χ1) is 23.8. The summed E-state index contributed by atoms with van der Waals surface area (Å²) in [7, 11) is -4.19. The highest BCUT2D eigenvalue weighted by molar-refractivity contribution is 7.89. The maximum atomic E-state index is 13.9. The molecule has 0 spiro atoms. The number of amides is 2. The maximum absolute atomic E-state index is 13.9. The van der Waals surface area contributed by atoms with E-state index in [4.69, 9.17) is 9.47 Å². The summed E-state index contributed by atoms with van der Waals surface area (Å²) in [5.41, 5.74) is 1.66. The summed E-state index contributed by atoms with van der Waals surface area (Å²) in [6.45, 7) is 1.33. The van der Waals surface area contributed by atoms with E-state index in [0.717, 1.165) is 21.6 Å². The topological polar surface area (TPSA) is 115 Å². The molecule has 0 unspecified atom stereocenters. The van der Waals surface area contributed by atoms with Gasteiger partial charge in [-0.25, -0.2) is 8.42 Å². The van der Waals surface area contributed by atoms with Gasteiger partial charge in [-0.2, -0.15) is 26.3 Å². The average molecular weight is 736 g/mol. The molecule has 51 heavy (non-hydrogen) atoms. The van der Waals surface area contributed by atoms with Gasteiger partial charge in [0.25, 0.3) is 5.91 Å². The Morgan fingerprint density at radius 3 is 2.12 bits per heavy atom. The number of halogens is 6. The average Bonchev–Trinajstić information content (AvgIpc) is 3.75. The van der Waals surface area contributed by atoms with Gasteiger partial charge in [0.1, 0.15) is 11.3 Å². The minimum absolute atomic E-state index is 0.153. The lowest BCUT2D eigenvalue weighted by Gasteiger charge is -2.21. The molecule has 1 fully saturated rings. The van der Waals surface area contributed by atoms with E-state index in [-0.39, 0.29) is 27.7 Å². The normalized spacial score (nSPS) is 15.5. The number of aromatic nitrogens is 1. The van der Waals surface area contributed by atoms with E-state index in [1.165, 1.54) is 36.5 Å². The molecular weight excluding hydrogens is 704 g/mol. The van der Waals surface area contributed by atoms with Crippen LogP contribution in [0.3, 0.4) is 0 Å². The summed E-state index contributed by atoms with van der Waals surface area (Å²) in [4.78, 5) is 32.4. The zero-order chi connectivity index (χ0) is 37.1. The third kappa shape index (κ3) is 7.18. The number of sulfonamides is 1. The molecule has 1 saturated carbocycles. The van der Waals surface area contributed by atoms with Crippen LogP contribution in [0.2, 0.25) is 0 Å². The van der Waals surface area contributed by atoms with Crippen molar-refractivity contribution in [1.29, 1.82) is 0 Å². The van der Waals surface area contributed by atoms with Crippen molar-refractivity contribution in [3.63, 3.8) is 0 Å². The van der Waals surface area contributed by atoms with Crippen molar-refractivity contribution in [2.75, 3.05) is 18.1 Å². The smallest absolute Gasteiger partial charge is 0.422 e. The van der Waals surface area contributed by atoms with Crippen LogP contribution in [0.15, 0.2) is 54.7 Å². The van der Waals surface area contributed by atoms with Crippen molar-refractivity contribution >= 4 is 38.4 Å². The molecule has 3 aromatic carbocycles. The first kappa shape index (κ1) is 35.9. The van der Waals surface area contributed by atoms with E-state index in [2.05, 4.69) is 9.71 Å². The molecule has 2 heterocycles. The van der Waals surface area contributed by atoms with E-state index in [1.54, 1.807) is 6.92 Å². The van der Waals surface area contributed by atoms with Gasteiger partial charge in [-0.1, -0.05) is 30.3 Å². The molecule has 1 aliphatic heterocycles. The van der Waals surface area contributed by atoms with Gasteiger partial charge in [-0.05, 0) is 79.6 Å². The minimum Gasteiger partial charge on any atom is -0.483 e. The number of hydrogen-bond donors (Lipinski definition) is 1. The molecule has 0 bridgehead atoms. The Bertz CT molecular complexity index is 2160. The third-order valence-electron chi connectivity index (χ3n) is 8.91. The zero-order valence-electron chi connectivity index (χ0n) is 27.5. The maximum Gasteiger partial charge on any atom is 0.422 e. The lowest BCUT2D eigenvalue weighted by Crippen LogP contribution is -2.40. The number of carbonyl (C=O) groups excluding carboxylic acids is 2. The number of fused-ring (bicyclic) bond motifs is 2. The molecule has 2 aliphatic rings. The van der Waals surface area contributed by atoms with Crippen LogP contribution >= 0.6 is 0 Å². The summed E-state index contributed by atoms with van der Waals surface area (Å²) >= 11 is 0. The molecule has 16 heteroatoms. The van der Waals surface area contributed by atoms with Gasteiger partial charge >= 0.3 is 12.4 Å². The Hall–Kier alpha value is -4.86. The summed E-state index contributed by atoms with van der Waals surface area (Å²) < 4.78 is 118. The molecule has 1 aliphatic carbocycles. The van der Waals surface area contributed by atoms with Crippen LogP contribution in [-0.2, 0) is 32.5 Å². The fraction of sp³-hybridized carbons (Fsp3) is 0.343. The predicted octanol–water partition coefficient (Wildman–Crippen LogP) is 6.88. The monoisotopic (exact) mass is 735 g/mol. The first-order valence-corrected chi connectivity index (χ1v) is 17.3. The zero-order valence-corrected chi connectivity index (χ0v) is 28.3. The summed E-state index contributed by atoms with van der Waals surface area (Å²) in [6, 6.07) is 12.5. The number of nitrogens with one attached hydrogen (secondary N) is 1. The van der Waals surface area contributed by atoms with Crippen molar-refractivity contribution < 1.29 is 53.8 Å². The number of alkyl halides is 6. The third-order valence-corrected chi connectivity index (χ3v) is 10.1. The number of hydrogen-bond acceptors (Lipinski definition) is 7. The highest BCUT2D eigenvalue weighted by atomic mass is 32.2. The molecule has 1 N–H and O–H groups in total. The van der Waals surface area contributed by atoms with Crippen molar-refractivity contribution in [1.82, 2.24) is 9.71 Å². The summed E-state index contributed by atoms with van der Waals surface area (Å²) in [6.07, 6.45) is -7.38. The number of aryl methyl sites for hydroxylation is 3. The van der Waals surface area contributed by atoms with Crippen LogP contribution in [0.5, 0.6) is 11.5 Å². The molecular formula is C35H31F6N3O6S. The Labute approximate surface area is 288 Å². The minimum atomic E-state index is -4.81. The Balaban J connectivity index is 1.29. The van der Waals surface area contributed by atoms with E-state index in [1.807, 2.05) is 32.0 Å². The molecule has 9 nitrogen and oxygen atoms in total. The predicted molar refractivity (Wildman–Crippen MR) is 174 cm³/mol. The molecule has 0 saturated heterocycles. The van der Waals surface area contributed by atoms with Gasteiger partial charge in [0.05, 0.1) is 23.3 Å². The van der Waals surface area contributed by atoms with Gasteiger partial charge in [0.15, 0.2) is 19.0 Å². The molecule has 0 atom stereocenters. The fourth-order valence-electron chi connectivity index (χ4n) is 6.74. The van der Waals surface area contributed by atoms with Crippen LogP contribution in [0.25, 0.3) is 10.9 Å².